The molecule has 0 radical (unpaired) electrons. The summed E-state index contributed by atoms with van der Waals surface area (Å²) in [5.74, 6) is -0.178. The molecule has 21 heavy (non-hydrogen) atoms. The number of fused-ring (bicyclic) bond motifs is 1. The van der Waals surface area contributed by atoms with E-state index >= 15 is 0 Å². The molecule has 2 rings (SSSR count). The number of methoxy groups -OCH3 is 1. The molecule has 1 aromatic heterocycles. The largest absolute Gasteiger partial charge is 0.428 e. The molecule has 0 aliphatic carbocycles. The molecule has 1 heterocycles. The summed E-state index contributed by atoms with van der Waals surface area (Å²) >= 11 is 0. The van der Waals surface area contributed by atoms with Crippen molar-refractivity contribution in [2.24, 2.45) is 0 Å². The average molecular weight is 314 g/mol. The van der Waals surface area contributed by atoms with E-state index in [0.717, 1.165) is 6.42 Å². The van der Waals surface area contributed by atoms with Crippen molar-refractivity contribution >= 4 is 26.6 Å². The molecule has 8 heteroatoms. The number of anilines is 1. The van der Waals surface area contributed by atoms with Gasteiger partial charge >= 0.3 is 5.22 Å². The zero-order valence-corrected chi connectivity index (χ0v) is 12.6. The molecule has 0 atom stereocenters. The predicted octanol–water partition coefficient (Wildman–Crippen LogP) is 1.24. The Hall–Kier alpha value is -1.64. The van der Waals surface area contributed by atoms with Crippen LogP contribution in [0.4, 0.5) is 5.69 Å². The van der Waals surface area contributed by atoms with Gasteiger partial charge in [-0.1, -0.05) is 0 Å². The van der Waals surface area contributed by atoms with Gasteiger partial charge in [0.25, 0.3) is 0 Å². The monoisotopic (exact) mass is 314 g/mol. The summed E-state index contributed by atoms with van der Waals surface area (Å²) in [5, 5.41) is -0.302. The predicted molar refractivity (Wildman–Crippen MR) is 77.8 cm³/mol. The lowest BCUT2D eigenvalue weighted by Gasteiger charge is -2.03. The van der Waals surface area contributed by atoms with Crippen LogP contribution in [-0.2, 0) is 19.3 Å². The SMILES string of the molecule is COCCCOCCS(=O)(=O)c1nc2cc(N)ccc2o1. The molecule has 7 nitrogen and oxygen atoms in total. The fraction of sp³-hybridized carbons (Fsp3) is 0.462. The maximum absolute atomic E-state index is 12.1. The van der Waals surface area contributed by atoms with E-state index in [1.54, 1.807) is 25.3 Å². The molecular formula is C13H18N2O5S. The number of nitrogens with zero attached hydrogens (tertiary/aromatic N) is 1. The number of nitrogens with two attached hydrogens (primary N) is 1. The molecule has 0 bridgehead atoms. The van der Waals surface area contributed by atoms with E-state index in [2.05, 4.69) is 4.98 Å². The van der Waals surface area contributed by atoms with Crippen LogP contribution in [-0.4, -0.2) is 46.1 Å². The second kappa shape index (κ2) is 6.88. The number of hydrogen-bond donors (Lipinski definition) is 1. The Morgan fingerprint density at radius 1 is 1.29 bits per heavy atom. The van der Waals surface area contributed by atoms with E-state index in [9.17, 15) is 8.42 Å². The van der Waals surface area contributed by atoms with Gasteiger partial charge in [0.15, 0.2) is 5.58 Å². The smallest absolute Gasteiger partial charge is 0.316 e. The maximum atomic E-state index is 12.1. The Labute approximate surface area is 123 Å². The van der Waals surface area contributed by atoms with Gasteiger partial charge in [0.2, 0.25) is 9.84 Å². The van der Waals surface area contributed by atoms with E-state index in [4.69, 9.17) is 19.6 Å². The van der Waals surface area contributed by atoms with Gasteiger partial charge in [-0.2, -0.15) is 4.98 Å². The molecule has 0 saturated heterocycles. The van der Waals surface area contributed by atoms with Gasteiger partial charge in [-0.05, 0) is 24.6 Å². The van der Waals surface area contributed by atoms with Crippen LogP contribution in [0.5, 0.6) is 0 Å². The summed E-state index contributed by atoms with van der Waals surface area (Å²) in [6.07, 6.45) is 0.721. The number of oxazole rings is 1. The van der Waals surface area contributed by atoms with E-state index in [-0.39, 0.29) is 17.6 Å². The van der Waals surface area contributed by atoms with Gasteiger partial charge in [0, 0.05) is 26.0 Å². The minimum atomic E-state index is -3.60. The van der Waals surface area contributed by atoms with Crippen LogP contribution in [0.1, 0.15) is 6.42 Å². The van der Waals surface area contributed by atoms with Crippen LogP contribution < -0.4 is 5.73 Å². The highest BCUT2D eigenvalue weighted by molar-refractivity contribution is 7.91. The molecule has 0 spiro atoms. The fourth-order valence-electron chi connectivity index (χ4n) is 1.72. The molecular weight excluding hydrogens is 296 g/mol. The lowest BCUT2D eigenvalue weighted by atomic mass is 10.3. The highest BCUT2D eigenvalue weighted by atomic mass is 32.2. The van der Waals surface area contributed by atoms with Gasteiger partial charge in [0.1, 0.15) is 5.52 Å². The zero-order chi connectivity index (χ0) is 15.3. The number of benzene rings is 1. The molecule has 0 saturated carbocycles. The Kier molecular flexibility index (Phi) is 5.16. The molecule has 0 aliphatic heterocycles. The summed E-state index contributed by atoms with van der Waals surface area (Å²) in [7, 11) is -2.00. The maximum Gasteiger partial charge on any atom is 0.316 e. The van der Waals surface area contributed by atoms with Crippen molar-refractivity contribution < 1.29 is 22.3 Å². The van der Waals surface area contributed by atoms with E-state index in [1.165, 1.54) is 0 Å². The number of ether oxygens (including phenoxy) is 2. The molecule has 0 unspecified atom stereocenters. The minimum absolute atomic E-state index is 0.0902. The summed E-state index contributed by atoms with van der Waals surface area (Å²) in [6, 6.07) is 4.79. The summed E-state index contributed by atoms with van der Waals surface area (Å²) in [6.45, 7) is 1.12. The lowest BCUT2D eigenvalue weighted by Crippen LogP contribution is -2.13. The van der Waals surface area contributed by atoms with Crippen LogP contribution >= 0.6 is 0 Å². The first-order valence-corrected chi connectivity index (χ1v) is 8.13. The first-order valence-electron chi connectivity index (χ1n) is 6.48. The number of aromatic nitrogens is 1. The molecule has 2 N–H and O–H groups in total. The third kappa shape index (κ3) is 4.16. The number of hydrogen-bond acceptors (Lipinski definition) is 7. The van der Waals surface area contributed by atoms with Crippen LogP contribution in [0.3, 0.4) is 0 Å². The molecule has 0 aliphatic rings. The van der Waals surface area contributed by atoms with Crippen molar-refractivity contribution in [1.82, 2.24) is 4.98 Å². The number of sulfone groups is 1. The summed E-state index contributed by atoms with van der Waals surface area (Å²) in [4.78, 5) is 3.96. The van der Waals surface area contributed by atoms with E-state index in [0.29, 0.717) is 30.0 Å². The van der Waals surface area contributed by atoms with Crippen molar-refractivity contribution in [3.8, 4) is 0 Å². The first kappa shape index (κ1) is 15.7. The molecule has 2 aromatic rings. The van der Waals surface area contributed by atoms with Gasteiger partial charge < -0.3 is 19.6 Å². The van der Waals surface area contributed by atoms with Crippen molar-refractivity contribution in [3.63, 3.8) is 0 Å². The zero-order valence-electron chi connectivity index (χ0n) is 11.7. The first-order chi connectivity index (χ1) is 10.0. The quantitative estimate of drug-likeness (QED) is 0.577. The van der Waals surface area contributed by atoms with Crippen LogP contribution in [0.15, 0.2) is 27.8 Å². The van der Waals surface area contributed by atoms with Gasteiger partial charge in [-0.15, -0.1) is 0 Å². The minimum Gasteiger partial charge on any atom is -0.428 e. The second-order valence-corrected chi connectivity index (χ2v) is 6.47. The van der Waals surface area contributed by atoms with Gasteiger partial charge in [-0.3, -0.25) is 0 Å². The van der Waals surface area contributed by atoms with E-state index < -0.39 is 9.84 Å². The number of nitrogen functional groups attached to an aromatic ring is 1. The third-order valence-electron chi connectivity index (χ3n) is 2.79. The standard InChI is InChI=1S/C13H18N2O5S/c1-18-5-2-6-19-7-8-21(16,17)13-15-11-9-10(14)3-4-12(11)20-13/h3-4,9H,2,5-8,14H2,1H3. The van der Waals surface area contributed by atoms with Crippen molar-refractivity contribution in [2.45, 2.75) is 11.6 Å². The lowest BCUT2D eigenvalue weighted by molar-refractivity contribution is 0.112. The molecule has 116 valence electrons. The van der Waals surface area contributed by atoms with Crippen molar-refractivity contribution in [3.05, 3.63) is 18.2 Å². The topological polar surface area (TPSA) is 105 Å². The van der Waals surface area contributed by atoms with Crippen LogP contribution in [0.2, 0.25) is 0 Å². The Bertz CT molecular complexity index is 696. The normalized spacial score (nSPS) is 12.0. The van der Waals surface area contributed by atoms with Crippen LogP contribution in [0.25, 0.3) is 11.1 Å². The second-order valence-electron chi connectivity index (χ2n) is 4.48. The van der Waals surface area contributed by atoms with Gasteiger partial charge in [0.05, 0.1) is 12.4 Å². The van der Waals surface area contributed by atoms with Crippen LogP contribution in [0, 0.1) is 0 Å². The third-order valence-corrected chi connectivity index (χ3v) is 4.20. The summed E-state index contributed by atoms with van der Waals surface area (Å²) < 4.78 is 39.5. The summed E-state index contributed by atoms with van der Waals surface area (Å²) in [5.41, 5.74) is 6.94. The van der Waals surface area contributed by atoms with Crippen molar-refractivity contribution in [1.29, 1.82) is 0 Å². The molecule has 1 aromatic carbocycles. The Balaban J connectivity index is 1.97. The fourth-order valence-corrected chi connectivity index (χ4v) is 2.69. The molecule has 0 fully saturated rings. The number of rotatable bonds is 8. The highest BCUT2D eigenvalue weighted by Crippen LogP contribution is 2.21. The van der Waals surface area contributed by atoms with Gasteiger partial charge in [-0.25, -0.2) is 8.42 Å². The highest BCUT2D eigenvalue weighted by Gasteiger charge is 2.21. The Morgan fingerprint density at radius 3 is 2.86 bits per heavy atom. The van der Waals surface area contributed by atoms with Crippen molar-refractivity contribution in [2.75, 3.05) is 38.4 Å². The van der Waals surface area contributed by atoms with E-state index in [1.807, 2.05) is 0 Å². The molecule has 0 amide bonds. The Morgan fingerprint density at radius 2 is 2.10 bits per heavy atom. The average Bonchev–Trinajstić information content (AvgIpc) is 2.86.